The van der Waals surface area contributed by atoms with Gasteiger partial charge in [0.05, 0.1) is 5.69 Å². The number of amides is 3. The van der Waals surface area contributed by atoms with Crippen molar-refractivity contribution in [1.82, 2.24) is 5.32 Å². The molecule has 3 amide bonds. The fourth-order valence-electron chi connectivity index (χ4n) is 1.83. The molecule has 1 N–H and O–H groups in total. The van der Waals surface area contributed by atoms with Crippen LogP contribution < -0.4 is 10.2 Å². The molecule has 5 heteroatoms. The highest BCUT2D eigenvalue weighted by Crippen LogP contribution is 2.20. The van der Waals surface area contributed by atoms with Crippen molar-refractivity contribution in [3.05, 3.63) is 30.1 Å². The van der Waals surface area contributed by atoms with Crippen LogP contribution in [0.25, 0.3) is 0 Å². The van der Waals surface area contributed by atoms with Crippen molar-refractivity contribution < 1.29 is 14.0 Å². The number of halogens is 1. The van der Waals surface area contributed by atoms with Gasteiger partial charge in [-0.1, -0.05) is 13.0 Å². The topological polar surface area (TPSA) is 49.4 Å². The molecule has 1 aromatic rings. The smallest absolute Gasteiger partial charge is 0.328 e. The molecule has 90 valence electrons. The quantitative estimate of drug-likeness (QED) is 0.854. The van der Waals surface area contributed by atoms with Crippen molar-refractivity contribution in [3.8, 4) is 0 Å². The molecule has 1 aliphatic rings. The first-order valence-electron chi connectivity index (χ1n) is 5.51. The number of rotatable bonds is 2. The first-order valence-corrected chi connectivity index (χ1v) is 5.51. The number of benzene rings is 1. The first kappa shape index (κ1) is 11.6. The lowest BCUT2D eigenvalue weighted by molar-refractivity contribution is -0.119. The average molecular weight is 236 g/mol. The number of hydrogen-bond donors (Lipinski definition) is 1. The van der Waals surface area contributed by atoms with E-state index in [0.717, 1.165) is 4.90 Å². The van der Waals surface area contributed by atoms with Crippen LogP contribution in [0.5, 0.6) is 0 Å². The number of anilines is 1. The molecule has 0 aromatic heterocycles. The minimum atomic E-state index is -0.487. The molecule has 0 radical (unpaired) electrons. The second-order valence-electron chi connectivity index (χ2n) is 3.97. The van der Waals surface area contributed by atoms with Crippen molar-refractivity contribution in [3.63, 3.8) is 0 Å². The van der Waals surface area contributed by atoms with Gasteiger partial charge in [0.25, 0.3) is 0 Å². The fourth-order valence-corrected chi connectivity index (χ4v) is 1.83. The van der Waals surface area contributed by atoms with E-state index >= 15 is 0 Å². The van der Waals surface area contributed by atoms with Crippen molar-refractivity contribution in [2.45, 2.75) is 25.8 Å². The molecule has 1 aliphatic heterocycles. The lowest BCUT2D eigenvalue weighted by Gasteiger charge is -2.30. The van der Waals surface area contributed by atoms with E-state index < -0.39 is 11.8 Å². The summed E-state index contributed by atoms with van der Waals surface area (Å²) in [5.74, 6) is -0.771. The van der Waals surface area contributed by atoms with Crippen molar-refractivity contribution in [2.24, 2.45) is 0 Å². The largest absolute Gasteiger partial charge is 0.334 e. The van der Waals surface area contributed by atoms with Crippen LogP contribution in [-0.2, 0) is 4.79 Å². The number of urea groups is 1. The van der Waals surface area contributed by atoms with Gasteiger partial charge in [-0.25, -0.2) is 14.1 Å². The third kappa shape index (κ3) is 2.27. The Hall–Kier alpha value is -1.91. The lowest BCUT2D eigenvalue weighted by atomic mass is 10.1. The van der Waals surface area contributed by atoms with Gasteiger partial charge < -0.3 is 5.32 Å². The molecule has 1 aromatic carbocycles. The fraction of sp³-hybridized carbons (Fsp3) is 0.333. The maximum atomic E-state index is 13.0. The summed E-state index contributed by atoms with van der Waals surface area (Å²) in [6, 6.07) is 4.83. The van der Waals surface area contributed by atoms with Crippen LogP contribution in [0.4, 0.5) is 14.9 Å². The highest BCUT2D eigenvalue weighted by molar-refractivity contribution is 6.16. The van der Waals surface area contributed by atoms with Gasteiger partial charge in [-0.2, -0.15) is 0 Å². The number of imide groups is 1. The second kappa shape index (κ2) is 4.53. The third-order valence-corrected chi connectivity index (χ3v) is 2.76. The van der Waals surface area contributed by atoms with E-state index in [1.54, 1.807) is 0 Å². The Labute approximate surface area is 98.4 Å². The van der Waals surface area contributed by atoms with Crippen molar-refractivity contribution in [2.75, 3.05) is 4.90 Å². The number of nitrogens with zero attached hydrogens (tertiary/aromatic N) is 1. The van der Waals surface area contributed by atoms with Gasteiger partial charge in [-0.05, 0) is 24.6 Å². The average Bonchev–Trinajstić information content (AvgIpc) is 2.28. The van der Waals surface area contributed by atoms with E-state index in [0.29, 0.717) is 6.42 Å². The van der Waals surface area contributed by atoms with Crippen LogP contribution in [0.15, 0.2) is 24.3 Å². The molecule has 4 nitrogen and oxygen atoms in total. The van der Waals surface area contributed by atoms with Gasteiger partial charge in [0.2, 0.25) is 5.91 Å². The SMILES string of the molecule is CCC1CC(=O)N(c2cccc(F)c2)C(=O)N1. The molecule has 0 bridgehead atoms. The zero-order chi connectivity index (χ0) is 12.4. The summed E-state index contributed by atoms with van der Waals surface area (Å²) in [5, 5.41) is 2.71. The van der Waals surface area contributed by atoms with Gasteiger partial charge in [0.15, 0.2) is 0 Å². The molecule has 0 spiro atoms. The first-order chi connectivity index (χ1) is 8.11. The molecular formula is C12H13FN2O2. The zero-order valence-corrected chi connectivity index (χ0v) is 9.44. The molecule has 2 rings (SSSR count). The zero-order valence-electron chi connectivity index (χ0n) is 9.44. The maximum absolute atomic E-state index is 13.0. The Balaban J connectivity index is 2.27. The summed E-state index contributed by atoms with van der Waals surface area (Å²) < 4.78 is 13.0. The molecule has 1 atom stereocenters. The van der Waals surface area contributed by atoms with Gasteiger partial charge in [0.1, 0.15) is 5.82 Å². The summed E-state index contributed by atoms with van der Waals surface area (Å²) in [4.78, 5) is 24.6. The Bertz CT molecular complexity index is 444. The molecule has 1 heterocycles. The Morgan fingerprint density at radius 3 is 2.82 bits per heavy atom. The van der Waals surface area contributed by atoms with Crippen LogP contribution >= 0.6 is 0 Å². The van der Waals surface area contributed by atoms with E-state index in [-0.39, 0.29) is 24.1 Å². The summed E-state index contributed by atoms with van der Waals surface area (Å²) >= 11 is 0. The highest BCUT2D eigenvalue weighted by atomic mass is 19.1. The van der Waals surface area contributed by atoms with E-state index in [2.05, 4.69) is 5.32 Å². The van der Waals surface area contributed by atoms with Gasteiger partial charge in [-0.3, -0.25) is 4.79 Å². The van der Waals surface area contributed by atoms with Gasteiger partial charge in [-0.15, -0.1) is 0 Å². The molecule has 0 aliphatic carbocycles. The number of carbonyl (C=O) groups is 2. The monoisotopic (exact) mass is 236 g/mol. The molecule has 0 saturated carbocycles. The minimum Gasteiger partial charge on any atom is -0.334 e. The minimum absolute atomic E-state index is 0.125. The van der Waals surface area contributed by atoms with Crippen molar-refractivity contribution >= 4 is 17.6 Å². The Morgan fingerprint density at radius 2 is 2.24 bits per heavy atom. The van der Waals surface area contributed by atoms with Crippen LogP contribution in [0.1, 0.15) is 19.8 Å². The molecule has 1 fully saturated rings. The standard InChI is InChI=1S/C12H13FN2O2/c1-2-9-7-11(16)15(12(17)14-9)10-5-3-4-8(13)6-10/h3-6,9H,2,7H2,1H3,(H,14,17). The summed E-state index contributed by atoms with van der Waals surface area (Å²) in [6.07, 6.45) is 0.952. The predicted molar refractivity (Wildman–Crippen MR) is 61.1 cm³/mol. The van der Waals surface area contributed by atoms with Crippen molar-refractivity contribution in [1.29, 1.82) is 0 Å². The van der Waals surface area contributed by atoms with Crippen LogP contribution in [0.3, 0.4) is 0 Å². The van der Waals surface area contributed by atoms with Gasteiger partial charge in [0, 0.05) is 12.5 Å². The van der Waals surface area contributed by atoms with E-state index in [1.807, 2.05) is 6.92 Å². The van der Waals surface area contributed by atoms with Gasteiger partial charge >= 0.3 is 6.03 Å². The van der Waals surface area contributed by atoms with Crippen LogP contribution in [0, 0.1) is 5.82 Å². The maximum Gasteiger partial charge on any atom is 0.328 e. The molecule has 1 saturated heterocycles. The number of hydrogen-bond acceptors (Lipinski definition) is 2. The Kier molecular flexibility index (Phi) is 3.08. The molecule has 1 unspecified atom stereocenters. The van der Waals surface area contributed by atoms with E-state index in [1.165, 1.54) is 24.3 Å². The van der Waals surface area contributed by atoms with E-state index in [9.17, 15) is 14.0 Å². The number of nitrogens with one attached hydrogen (secondary N) is 1. The summed E-state index contributed by atoms with van der Waals surface area (Å²) in [6.45, 7) is 1.90. The molecular weight excluding hydrogens is 223 g/mol. The number of carbonyl (C=O) groups excluding carboxylic acids is 2. The normalized spacial score (nSPS) is 20.4. The second-order valence-corrected chi connectivity index (χ2v) is 3.97. The lowest BCUT2D eigenvalue weighted by Crippen LogP contribution is -2.54. The summed E-state index contributed by atoms with van der Waals surface area (Å²) in [5.41, 5.74) is 0.266. The predicted octanol–water partition coefficient (Wildman–Crippen LogP) is 2.05. The van der Waals surface area contributed by atoms with E-state index in [4.69, 9.17) is 0 Å². The molecule has 17 heavy (non-hydrogen) atoms. The highest BCUT2D eigenvalue weighted by Gasteiger charge is 2.32. The van der Waals surface area contributed by atoms with Crippen LogP contribution in [-0.4, -0.2) is 18.0 Å². The Morgan fingerprint density at radius 1 is 1.47 bits per heavy atom. The van der Waals surface area contributed by atoms with Crippen LogP contribution in [0.2, 0.25) is 0 Å². The third-order valence-electron chi connectivity index (χ3n) is 2.76. The summed E-state index contributed by atoms with van der Waals surface area (Å²) in [7, 11) is 0.